The second-order valence-corrected chi connectivity index (χ2v) is 6.28. The lowest BCUT2D eigenvalue weighted by Gasteiger charge is -2.13. The van der Waals surface area contributed by atoms with Crippen molar-refractivity contribution in [1.82, 2.24) is 0 Å². The second kappa shape index (κ2) is 9.43. The van der Waals surface area contributed by atoms with Crippen LogP contribution in [-0.2, 0) is 11.2 Å². The molecule has 0 aromatic heterocycles. The first-order chi connectivity index (χ1) is 13.4. The number of carbonyl (C=O) groups excluding carboxylic acids is 1. The Morgan fingerprint density at radius 1 is 1.25 bits per heavy atom. The van der Waals surface area contributed by atoms with Gasteiger partial charge in [0.05, 0.1) is 14.2 Å². The van der Waals surface area contributed by atoms with E-state index in [4.69, 9.17) is 9.47 Å². The van der Waals surface area contributed by atoms with E-state index in [-0.39, 0.29) is 5.57 Å². The van der Waals surface area contributed by atoms with Crippen molar-refractivity contribution < 1.29 is 14.3 Å². The van der Waals surface area contributed by atoms with Crippen molar-refractivity contribution in [2.45, 2.75) is 20.3 Å². The maximum absolute atomic E-state index is 12.6. The van der Waals surface area contributed by atoms with Crippen LogP contribution >= 0.6 is 0 Å². The van der Waals surface area contributed by atoms with E-state index < -0.39 is 5.91 Å². The van der Waals surface area contributed by atoms with E-state index in [2.05, 4.69) is 11.9 Å². The summed E-state index contributed by atoms with van der Waals surface area (Å²) in [6.45, 7) is 7.65. The van der Waals surface area contributed by atoms with E-state index >= 15 is 0 Å². The molecule has 1 N–H and O–H groups in total. The fraction of sp³-hybridized carbons (Fsp3) is 0.217. The van der Waals surface area contributed by atoms with E-state index in [1.807, 2.05) is 44.2 Å². The Morgan fingerprint density at radius 3 is 2.61 bits per heavy atom. The van der Waals surface area contributed by atoms with E-state index in [0.717, 1.165) is 16.7 Å². The number of benzene rings is 2. The zero-order chi connectivity index (χ0) is 20.7. The first kappa shape index (κ1) is 20.8. The van der Waals surface area contributed by atoms with Gasteiger partial charge in [-0.15, -0.1) is 6.58 Å². The Kier molecular flexibility index (Phi) is 7.00. The zero-order valence-electron chi connectivity index (χ0n) is 16.6. The number of methoxy groups -OCH3 is 2. The molecular formula is C23H24N2O3. The third-order valence-electron chi connectivity index (χ3n) is 4.47. The first-order valence-electron chi connectivity index (χ1n) is 8.80. The largest absolute Gasteiger partial charge is 0.493 e. The molecule has 0 aliphatic carbocycles. The maximum atomic E-state index is 12.6. The average Bonchev–Trinajstić information content (AvgIpc) is 2.69. The molecule has 0 saturated heterocycles. The quantitative estimate of drug-likeness (QED) is 0.436. The van der Waals surface area contributed by atoms with Gasteiger partial charge in [-0.1, -0.05) is 18.2 Å². The van der Waals surface area contributed by atoms with Gasteiger partial charge in [0.25, 0.3) is 5.91 Å². The lowest BCUT2D eigenvalue weighted by atomic mass is 10.0. The highest BCUT2D eigenvalue weighted by atomic mass is 16.5. The molecule has 0 radical (unpaired) electrons. The van der Waals surface area contributed by atoms with Gasteiger partial charge in [-0.05, 0) is 61.2 Å². The highest BCUT2D eigenvalue weighted by Gasteiger charge is 2.14. The van der Waals surface area contributed by atoms with Crippen LogP contribution in [-0.4, -0.2) is 20.1 Å². The summed E-state index contributed by atoms with van der Waals surface area (Å²) in [4.78, 5) is 12.6. The molecule has 5 heteroatoms. The van der Waals surface area contributed by atoms with Crippen molar-refractivity contribution in [3.63, 3.8) is 0 Å². The number of allylic oxidation sites excluding steroid dienone is 1. The third-order valence-corrected chi connectivity index (χ3v) is 4.47. The minimum atomic E-state index is -0.462. The van der Waals surface area contributed by atoms with Crippen LogP contribution in [0.3, 0.4) is 0 Å². The van der Waals surface area contributed by atoms with E-state index in [9.17, 15) is 10.1 Å². The number of amides is 1. The zero-order valence-corrected chi connectivity index (χ0v) is 16.6. The van der Waals surface area contributed by atoms with Crippen molar-refractivity contribution in [2.75, 3.05) is 19.5 Å². The summed E-state index contributed by atoms with van der Waals surface area (Å²) >= 11 is 0. The number of nitrogens with one attached hydrogen (secondary N) is 1. The molecule has 5 nitrogen and oxygen atoms in total. The molecule has 0 heterocycles. The molecule has 0 saturated carbocycles. The third kappa shape index (κ3) is 4.60. The standard InChI is InChI=1S/C23H24N2O3/c1-6-8-18-11-17(13-21(27-4)22(18)28-5)12-19(14-24)23(26)25-20-10-7-9-15(2)16(20)3/h6-7,9-13H,1,8H2,2-5H3,(H,25,26)/b19-12+. The second-order valence-electron chi connectivity index (χ2n) is 6.28. The molecule has 28 heavy (non-hydrogen) atoms. The van der Waals surface area contributed by atoms with E-state index in [1.54, 1.807) is 26.4 Å². The summed E-state index contributed by atoms with van der Waals surface area (Å²) in [7, 11) is 3.11. The van der Waals surface area contributed by atoms with Crippen LogP contribution in [0.2, 0.25) is 0 Å². The summed E-state index contributed by atoms with van der Waals surface area (Å²) < 4.78 is 10.8. The molecule has 1 amide bonds. The molecule has 2 aromatic carbocycles. The number of hydrogen-bond acceptors (Lipinski definition) is 4. The molecule has 0 atom stereocenters. The molecule has 0 unspecified atom stereocenters. The van der Waals surface area contributed by atoms with Crippen LogP contribution in [0.1, 0.15) is 22.3 Å². The fourth-order valence-corrected chi connectivity index (χ4v) is 2.85. The summed E-state index contributed by atoms with van der Waals surface area (Å²) in [5.74, 6) is 0.675. The monoisotopic (exact) mass is 376 g/mol. The first-order valence-corrected chi connectivity index (χ1v) is 8.80. The van der Waals surface area contributed by atoms with Crippen LogP contribution in [0.5, 0.6) is 11.5 Å². The maximum Gasteiger partial charge on any atom is 0.266 e. The molecule has 0 aliphatic heterocycles. The lowest BCUT2D eigenvalue weighted by Crippen LogP contribution is -2.14. The number of rotatable bonds is 7. The summed E-state index contributed by atoms with van der Waals surface area (Å²) in [6, 6.07) is 11.2. The van der Waals surface area contributed by atoms with Gasteiger partial charge in [-0.3, -0.25) is 4.79 Å². The smallest absolute Gasteiger partial charge is 0.266 e. The van der Waals surface area contributed by atoms with Gasteiger partial charge >= 0.3 is 0 Å². The highest BCUT2D eigenvalue weighted by molar-refractivity contribution is 6.10. The van der Waals surface area contributed by atoms with Gasteiger partial charge in [0.2, 0.25) is 0 Å². The molecule has 0 fully saturated rings. The van der Waals surface area contributed by atoms with E-state index in [0.29, 0.717) is 29.2 Å². The minimum absolute atomic E-state index is 0.00215. The Hall–Kier alpha value is -3.52. The Morgan fingerprint density at radius 2 is 2.00 bits per heavy atom. The molecule has 0 bridgehead atoms. The summed E-state index contributed by atoms with van der Waals surface area (Å²) in [6.07, 6.45) is 3.86. The SMILES string of the molecule is C=CCc1cc(/C=C(\C#N)C(=O)Nc2cccc(C)c2C)cc(OC)c1OC. The fourth-order valence-electron chi connectivity index (χ4n) is 2.85. The lowest BCUT2D eigenvalue weighted by molar-refractivity contribution is -0.112. The molecule has 2 aromatic rings. The number of carbonyl (C=O) groups is 1. The van der Waals surface area contributed by atoms with Crippen molar-refractivity contribution in [2.24, 2.45) is 0 Å². The Bertz CT molecular complexity index is 969. The van der Waals surface area contributed by atoms with Crippen molar-refractivity contribution in [3.8, 4) is 17.6 Å². The van der Waals surface area contributed by atoms with Crippen LogP contribution in [0, 0.1) is 25.2 Å². The Balaban J connectivity index is 2.41. The van der Waals surface area contributed by atoms with Gasteiger partial charge in [0, 0.05) is 11.3 Å². The number of nitrogens with zero attached hydrogens (tertiary/aromatic N) is 1. The topological polar surface area (TPSA) is 71.4 Å². The predicted octanol–water partition coefficient (Wildman–Crippen LogP) is 4.59. The van der Waals surface area contributed by atoms with Crippen LogP contribution in [0.25, 0.3) is 6.08 Å². The van der Waals surface area contributed by atoms with Gasteiger partial charge in [0.15, 0.2) is 11.5 Å². The van der Waals surface area contributed by atoms with Gasteiger partial charge in [-0.25, -0.2) is 0 Å². The summed E-state index contributed by atoms with van der Waals surface area (Å²) in [5.41, 5.74) is 4.24. The number of anilines is 1. The van der Waals surface area contributed by atoms with Crippen molar-refractivity contribution in [1.29, 1.82) is 5.26 Å². The number of ether oxygens (including phenoxy) is 2. The Labute approximate surface area is 165 Å². The van der Waals surface area contributed by atoms with Crippen LogP contribution in [0.4, 0.5) is 5.69 Å². The molecule has 2 rings (SSSR count). The van der Waals surface area contributed by atoms with Gasteiger partial charge in [0.1, 0.15) is 11.6 Å². The minimum Gasteiger partial charge on any atom is -0.493 e. The normalized spacial score (nSPS) is 10.8. The van der Waals surface area contributed by atoms with Gasteiger partial charge in [-0.2, -0.15) is 5.26 Å². The number of aryl methyl sites for hydroxylation is 1. The molecule has 144 valence electrons. The molecular weight excluding hydrogens is 352 g/mol. The van der Waals surface area contributed by atoms with Crippen LogP contribution < -0.4 is 14.8 Å². The average molecular weight is 376 g/mol. The molecule has 0 aliphatic rings. The van der Waals surface area contributed by atoms with Crippen molar-refractivity contribution >= 4 is 17.7 Å². The van der Waals surface area contributed by atoms with E-state index in [1.165, 1.54) is 6.08 Å². The highest BCUT2D eigenvalue weighted by Crippen LogP contribution is 2.34. The number of hydrogen-bond donors (Lipinski definition) is 1. The summed E-state index contributed by atoms with van der Waals surface area (Å²) in [5, 5.41) is 12.3. The van der Waals surface area contributed by atoms with Crippen molar-refractivity contribution in [3.05, 3.63) is 70.8 Å². The van der Waals surface area contributed by atoms with Gasteiger partial charge < -0.3 is 14.8 Å². The number of nitriles is 1. The predicted molar refractivity (Wildman–Crippen MR) is 112 cm³/mol. The van der Waals surface area contributed by atoms with Crippen LogP contribution in [0.15, 0.2) is 48.6 Å². The molecule has 0 spiro atoms.